The molecule has 0 unspecified atom stereocenters. The van der Waals surface area contributed by atoms with Gasteiger partial charge in [0, 0.05) is 17.7 Å². The SMILES string of the molecule is COc1ccccc1CNC(=O)[C@@H](C)Sc1nnc(-c2cc(C)cc(C)c2)o1. The third-order valence-corrected chi connectivity index (χ3v) is 5.10. The van der Waals surface area contributed by atoms with E-state index < -0.39 is 0 Å². The molecule has 7 heteroatoms. The van der Waals surface area contributed by atoms with E-state index in [1.165, 1.54) is 11.8 Å². The third kappa shape index (κ3) is 4.92. The lowest BCUT2D eigenvalue weighted by Crippen LogP contribution is -2.30. The topological polar surface area (TPSA) is 77.2 Å². The first-order valence-electron chi connectivity index (χ1n) is 8.94. The van der Waals surface area contributed by atoms with Crippen LogP contribution in [-0.2, 0) is 11.3 Å². The smallest absolute Gasteiger partial charge is 0.277 e. The summed E-state index contributed by atoms with van der Waals surface area (Å²) in [6.07, 6.45) is 0. The van der Waals surface area contributed by atoms with E-state index in [0.29, 0.717) is 17.7 Å². The second kappa shape index (κ2) is 8.93. The Morgan fingerprint density at radius 1 is 1.18 bits per heavy atom. The van der Waals surface area contributed by atoms with E-state index in [2.05, 4.69) is 21.6 Å². The Hall–Kier alpha value is -2.80. The fourth-order valence-corrected chi connectivity index (χ4v) is 3.56. The van der Waals surface area contributed by atoms with Gasteiger partial charge in [-0.15, -0.1) is 10.2 Å². The molecule has 1 N–H and O–H groups in total. The summed E-state index contributed by atoms with van der Waals surface area (Å²) < 4.78 is 11.0. The number of thioether (sulfide) groups is 1. The number of hydrogen-bond acceptors (Lipinski definition) is 6. The van der Waals surface area contributed by atoms with Crippen molar-refractivity contribution in [3.8, 4) is 17.2 Å². The van der Waals surface area contributed by atoms with E-state index in [1.807, 2.05) is 57.2 Å². The van der Waals surface area contributed by atoms with Gasteiger partial charge >= 0.3 is 0 Å². The molecule has 28 heavy (non-hydrogen) atoms. The third-order valence-electron chi connectivity index (χ3n) is 4.17. The molecule has 2 aromatic carbocycles. The Kier molecular flexibility index (Phi) is 6.36. The number of carbonyl (C=O) groups excluding carboxylic acids is 1. The van der Waals surface area contributed by atoms with Crippen molar-refractivity contribution in [2.75, 3.05) is 7.11 Å². The quantitative estimate of drug-likeness (QED) is 0.603. The monoisotopic (exact) mass is 397 g/mol. The van der Waals surface area contributed by atoms with Crippen molar-refractivity contribution < 1.29 is 13.9 Å². The van der Waals surface area contributed by atoms with Crippen LogP contribution in [0.5, 0.6) is 5.75 Å². The molecule has 6 nitrogen and oxygen atoms in total. The number of rotatable bonds is 7. The van der Waals surface area contributed by atoms with E-state index in [4.69, 9.17) is 9.15 Å². The standard InChI is InChI=1S/C21H23N3O3S/c1-13-9-14(2)11-17(10-13)20-23-24-21(27-20)28-15(3)19(25)22-12-16-7-5-6-8-18(16)26-4/h5-11,15H,12H2,1-4H3,(H,22,25)/t15-/m1/s1. The summed E-state index contributed by atoms with van der Waals surface area (Å²) in [6, 6.07) is 13.7. The molecule has 1 amide bonds. The molecule has 1 heterocycles. The number of amides is 1. The van der Waals surface area contributed by atoms with Gasteiger partial charge in [0.15, 0.2) is 0 Å². The van der Waals surface area contributed by atoms with Crippen molar-refractivity contribution in [3.63, 3.8) is 0 Å². The Balaban J connectivity index is 1.60. The lowest BCUT2D eigenvalue weighted by molar-refractivity contribution is -0.120. The van der Waals surface area contributed by atoms with Crippen LogP contribution in [0.4, 0.5) is 0 Å². The molecule has 0 aliphatic heterocycles. The minimum atomic E-state index is -0.373. The van der Waals surface area contributed by atoms with Crippen molar-refractivity contribution >= 4 is 17.7 Å². The van der Waals surface area contributed by atoms with Crippen molar-refractivity contribution in [2.45, 2.75) is 37.8 Å². The van der Waals surface area contributed by atoms with Gasteiger partial charge in [0.2, 0.25) is 11.8 Å². The molecule has 146 valence electrons. The van der Waals surface area contributed by atoms with Crippen LogP contribution in [0.2, 0.25) is 0 Å². The minimum absolute atomic E-state index is 0.109. The van der Waals surface area contributed by atoms with E-state index in [1.54, 1.807) is 7.11 Å². The predicted octanol–water partition coefficient (Wildman–Crippen LogP) is 4.16. The molecule has 1 atom stereocenters. The first-order chi connectivity index (χ1) is 13.5. The zero-order chi connectivity index (χ0) is 20.1. The molecule has 0 fully saturated rings. The first kappa shape index (κ1) is 19.9. The van der Waals surface area contributed by atoms with Crippen LogP contribution in [0.25, 0.3) is 11.5 Å². The minimum Gasteiger partial charge on any atom is -0.496 e. The van der Waals surface area contributed by atoms with E-state index in [9.17, 15) is 4.79 Å². The van der Waals surface area contributed by atoms with Crippen LogP contribution >= 0.6 is 11.8 Å². The normalized spacial score (nSPS) is 11.9. The molecule has 0 spiro atoms. The van der Waals surface area contributed by atoms with Gasteiger partial charge < -0.3 is 14.5 Å². The average Bonchev–Trinajstić information content (AvgIpc) is 3.14. The van der Waals surface area contributed by atoms with E-state index in [-0.39, 0.29) is 11.2 Å². The average molecular weight is 398 g/mol. The molecular weight excluding hydrogens is 374 g/mol. The highest BCUT2D eigenvalue weighted by Gasteiger charge is 2.19. The molecule has 0 bridgehead atoms. The molecule has 3 aromatic rings. The second-order valence-corrected chi connectivity index (χ2v) is 7.83. The Bertz CT molecular complexity index is 951. The van der Waals surface area contributed by atoms with Gasteiger partial charge in [-0.05, 0) is 39.0 Å². The number of nitrogens with one attached hydrogen (secondary N) is 1. The van der Waals surface area contributed by atoms with E-state index in [0.717, 1.165) is 28.0 Å². The number of hydrogen-bond donors (Lipinski definition) is 1. The van der Waals surface area contributed by atoms with Gasteiger partial charge in [0.05, 0.1) is 12.4 Å². The Morgan fingerprint density at radius 2 is 1.89 bits per heavy atom. The zero-order valence-corrected chi connectivity index (χ0v) is 17.2. The van der Waals surface area contributed by atoms with Crippen molar-refractivity contribution in [1.29, 1.82) is 0 Å². The summed E-state index contributed by atoms with van der Waals surface area (Å²) in [7, 11) is 1.61. The summed E-state index contributed by atoms with van der Waals surface area (Å²) >= 11 is 1.24. The van der Waals surface area contributed by atoms with Crippen LogP contribution in [0, 0.1) is 13.8 Å². The largest absolute Gasteiger partial charge is 0.496 e. The molecule has 0 radical (unpaired) electrons. The first-order valence-corrected chi connectivity index (χ1v) is 9.82. The number of para-hydroxylation sites is 1. The van der Waals surface area contributed by atoms with Gasteiger partial charge in [-0.2, -0.15) is 0 Å². The van der Waals surface area contributed by atoms with Crippen LogP contribution < -0.4 is 10.1 Å². The van der Waals surface area contributed by atoms with Gasteiger partial charge in [0.1, 0.15) is 5.75 Å². The number of ether oxygens (including phenoxy) is 1. The van der Waals surface area contributed by atoms with Gasteiger partial charge in [0.25, 0.3) is 5.22 Å². The molecule has 3 rings (SSSR count). The summed E-state index contributed by atoms with van der Waals surface area (Å²) in [5.41, 5.74) is 4.06. The fraction of sp³-hybridized carbons (Fsp3) is 0.286. The molecule has 0 aliphatic rings. The summed E-state index contributed by atoms with van der Waals surface area (Å²) in [6.45, 7) is 6.25. The second-order valence-electron chi connectivity index (χ2n) is 6.54. The molecule has 0 saturated heterocycles. The lowest BCUT2D eigenvalue weighted by Gasteiger charge is -2.12. The van der Waals surface area contributed by atoms with Gasteiger partial charge in [-0.25, -0.2) is 0 Å². The lowest BCUT2D eigenvalue weighted by atomic mass is 10.1. The summed E-state index contributed by atoms with van der Waals surface area (Å²) in [5.74, 6) is 1.09. The highest BCUT2D eigenvalue weighted by atomic mass is 32.2. The van der Waals surface area contributed by atoms with Crippen molar-refractivity contribution in [3.05, 3.63) is 59.2 Å². The van der Waals surface area contributed by atoms with Crippen LogP contribution in [-0.4, -0.2) is 28.5 Å². The van der Waals surface area contributed by atoms with Gasteiger partial charge in [-0.3, -0.25) is 4.79 Å². The van der Waals surface area contributed by atoms with Crippen LogP contribution in [0.1, 0.15) is 23.6 Å². The molecular formula is C21H23N3O3S. The van der Waals surface area contributed by atoms with E-state index >= 15 is 0 Å². The maximum absolute atomic E-state index is 12.4. The maximum atomic E-state index is 12.4. The number of methoxy groups -OCH3 is 1. The Morgan fingerprint density at radius 3 is 2.61 bits per heavy atom. The number of carbonyl (C=O) groups is 1. The maximum Gasteiger partial charge on any atom is 0.277 e. The van der Waals surface area contributed by atoms with Crippen molar-refractivity contribution in [1.82, 2.24) is 15.5 Å². The summed E-state index contributed by atoms with van der Waals surface area (Å²) in [4.78, 5) is 12.4. The van der Waals surface area contributed by atoms with Crippen LogP contribution in [0.15, 0.2) is 52.1 Å². The number of aryl methyl sites for hydroxylation is 2. The predicted molar refractivity (Wildman–Crippen MR) is 109 cm³/mol. The summed E-state index contributed by atoms with van der Waals surface area (Å²) in [5, 5.41) is 11.1. The number of nitrogens with zero attached hydrogens (tertiary/aromatic N) is 2. The molecule has 1 aromatic heterocycles. The fourth-order valence-electron chi connectivity index (χ4n) is 2.85. The molecule has 0 saturated carbocycles. The number of benzene rings is 2. The van der Waals surface area contributed by atoms with Crippen LogP contribution in [0.3, 0.4) is 0 Å². The highest BCUT2D eigenvalue weighted by molar-refractivity contribution is 8.00. The van der Waals surface area contributed by atoms with Gasteiger partial charge in [-0.1, -0.05) is 47.2 Å². The Labute approximate surface area is 168 Å². The zero-order valence-electron chi connectivity index (χ0n) is 16.4. The number of aromatic nitrogens is 2. The highest BCUT2D eigenvalue weighted by Crippen LogP contribution is 2.27. The molecule has 0 aliphatic carbocycles. The van der Waals surface area contributed by atoms with Crippen molar-refractivity contribution in [2.24, 2.45) is 0 Å².